The van der Waals surface area contributed by atoms with Crippen LogP contribution in [0, 0.1) is 5.92 Å². The summed E-state index contributed by atoms with van der Waals surface area (Å²) in [6.45, 7) is 4.30. The predicted molar refractivity (Wildman–Crippen MR) is 77.3 cm³/mol. The molecule has 0 aliphatic heterocycles. The highest BCUT2D eigenvalue weighted by atomic mass is 16.5. The first-order chi connectivity index (χ1) is 9.29. The van der Waals surface area contributed by atoms with Crippen molar-refractivity contribution in [3.8, 4) is 5.75 Å². The van der Waals surface area contributed by atoms with Gasteiger partial charge in [0.15, 0.2) is 0 Å². The number of ether oxygens (including phenoxy) is 2. The molecule has 1 atom stereocenters. The van der Waals surface area contributed by atoms with Crippen LogP contribution in [0.3, 0.4) is 0 Å². The van der Waals surface area contributed by atoms with Crippen LogP contribution < -0.4 is 10.5 Å². The minimum Gasteiger partial charge on any atom is -0.494 e. The summed E-state index contributed by atoms with van der Waals surface area (Å²) in [4.78, 5) is 0. The molecule has 1 aromatic carbocycles. The normalized spacial score (nSPS) is 16.3. The Balaban J connectivity index is 1.69. The zero-order chi connectivity index (χ0) is 13.5. The Hall–Kier alpha value is -1.06. The Morgan fingerprint density at radius 1 is 1.21 bits per heavy atom. The van der Waals surface area contributed by atoms with E-state index in [0.717, 1.165) is 36.9 Å². The Kier molecular flexibility index (Phi) is 5.67. The van der Waals surface area contributed by atoms with E-state index >= 15 is 0 Å². The third kappa shape index (κ3) is 5.21. The number of rotatable bonds is 9. The second-order valence-electron chi connectivity index (χ2n) is 5.33. The van der Waals surface area contributed by atoms with Gasteiger partial charge in [-0.2, -0.15) is 0 Å². The molecule has 0 amide bonds. The molecule has 0 spiro atoms. The third-order valence-corrected chi connectivity index (χ3v) is 3.45. The highest BCUT2D eigenvalue weighted by Crippen LogP contribution is 2.32. The van der Waals surface area contributed by atoms with Crippen LogP contribution in [0.1, 0.15) is 44.2 Å². The molecule has 1 aliphatic rings. The van der Waals surface area contributed by atoms with Crippen molar-refractivity contribution in [1.82, 2.24) is 0 Å². The van der Waals surface area contributed by atoms with Crippen molar-refractivity contribution in [3.63, 3.8) is 0 Å². The quantitative estimate of drug-likeness (QED) is 0.695. The molecule has 1 unspecified atom stereocenters. The van der Waals surface area contributed by atoms with Crippen LogP contribution in [-0.2, 0) is 4.74 Å². The number of hydrogen-bond donors (Lipinski definition) is 1. The maximum atomic E-state index is 6.11. The molecule has 2 rings (SSSR count). The lowest BCUT2D eigenvalue weighted by Gasteiger charge is -2.13. The van der Waals surface area contributed by atoms with Crippen LogP contribution in [0.5, 0.6) is 5.75 Å². The smallest absolute Gasteiger partial charge is 0.119 e. The van der Waals surface area contributed by atoms with Gasteiger partial charge in [0.1, 0.15) is 5.75 Å². The van der Waals surface area contributed by atoms with Gasteiger partial charge in [0.2, 0.25) is 0 Å². The van der Waals surface area contributed by atoms with Gasteiger partial charge in [-0.25, -0.2) is 0 Å². The molecule has 0 radical (unpaired) electrons. The summed E-state index contributed by atoms with van der Waals surface area (Å²) in [7, 11) is 0. The summed E-state index contributed by atoms with van der Waals surface area (Å²) in [6, 6.07) is 7.98. The minimum absolute atomic E-state index is 0.0422. The summed E-state index contributed by atoms with van der Waals surface area (Å²) in [5.41, 5.74) is 7.22. The molecule has 3 heteroatoms. The monoisotopic (exact) mass is 263 g/mol. The summed E-state index contributed by atoms with van der Waals surface area (Å²) >= 11 is 0. The van der Waals surface area contributed by atoms with Gasteiger partial charge in [0, 0.05) is 6.61 Å². The predicted octanol–water partition coefficient (Wildman–Crippen LogP) is 3.29. The maximum Gasteiger partial charge on any atom is 0.119 e. The molecule has 0 heterocycles. The SMILES string of the molecule is CCCOc1ccc(C(N)COCCC2CC2)cc1. The maximum absolute atomic E-state index is 6.11. The van der Waals surface area contributed by atoms with Crippen LogP contribution in [-0.4, -0.2) is 19.8 Å². The van der Waals surface area contributed by atoms with E-state index in [9.17, 15) is 0 Å². The third-order valence-electron chi connectivity index (χ3n) is 3.45. The standard InChI is InChI=1S/C16H25NO2/c1-2-10-19-15-7-5-14(6-8-15)16(17)12-18-11-9-13-3-4-13/h5-8,13,16H,2-4,9-12,17H2,1H3. The first kappa shape index (κ1) is 14.4. The number of hydrogen-bond acceptors (Lipinski definition) is 3. The number of nitrogens with two attached hydrogens (primary N) is 1. The van der Waals surface area contributed by atoms with Gasteiger partial charge < -0.3 is 15.2 Å². The number of benzene rings is 1. The van der Waals surface area contributed by atoms with Crippen LogP contribution in [0.15, 0.2) is 24.3 Å². The zero-order valence-corrected chi connectivity index (χ0v) is 11.8. The Morgan fingerprint density at radius 3 is 2.58 bits per heavy atom. The van der Waals surface area contributed by atoms with E-state index in [-0.39, 0.29) is 6.04 Å². The molecule has 0 bridgehead atoms. The Bertz CT molecular complexity index is 360. The van der Waals surface area contributed by atoms with E-state index in [0.29, 0.717) is 6.61 Å². The highest BCUT2D eigenvalue weighted by molar-refractivity contribution is 5.29. The van der Waals surface area contributed by atoms with Gasteiger partial charge in [-0.3, -0.25) is 0 Å². The molecule has 19 heavy (non-hydrogen) atoms. The topological polar surface area (TPSA) is 44.5 Å². The highest BCUT2D eigenvalue weighted by Gasteiger charge is 2.20. The lowest BCUT2D eigenvalue weighted by Crippen LogP contribution is -2.17. The molecule has 1 fully saturated rings. The fourth-order valence-corrected chi connectivity index (χ4v) is 1.99. The fraction of sp³-hybridized carbons (Fsp3) is 0.625. The van der Waals surface area contributed by atoms with Gasteiger partial charge in [0.05, 0.1) is 19.3 Å². The first-order valence-corrected chi connectivity index (χ1v) is 7.35. The lowest BCUT2D eigenvalue weighted by molar-refractivity contribution is 0.115. The lowest BCUT2D eigenvalue weighted by atomic mass is 10.1. The molecular formula is C16H25NO2. The van der Waals surface area contributed by atoms with Crippen molar-refractivity contribution in [2.75, 3.05) is 19.8 Å². The van der Waals surface area contributed by atoms with Crippen molar-refractivity contribution >= 4 is 0 Å². The first-order valence-electron chi connectivity index (χ1n) is 7.35. The average molecular weight is 263 g/mol. The minimum atomic E-state index is -0.0422. The summed E-state index contributed by atoms with van der Waals surface area (Å²) in [5.74, 6) is 1.83. The molecular weight excluding hydrogens is 238 g/mol. The van der Waals surface area contributed by atoms with Crippen molar-refractivity contribution in [3.05, 3.63) is 29.8 Å². The van der Waals surface area contributed by atoms with Crippen molar-refractivity contribution in [1.29, 1.82) is 0 Å². The zero-order valence-electron chi connectivity index (χ0n) is 11.8. The van der Waals surface area contributed by atoms with E-state index in [1.54, 1.807) is 0 Å². The van der Waals surface area contributed by atoms with Crippen LogP contribution in [0.2, 0.25) is 0 Å². The molecule has 3 nitrogen and oxygen atoms in total. The molecule has 106 valence electrons. The molecule has 2 N–H and O–H groups in total. The van der Waals surface area contributed by atoms with E-state index in [1.807, 2.05) is 24.3 Å². The largest absolute Gasteiger partial charge is 0.494 e. The molecule has 1 aromatic rings. The second-order valence-corrected chi connectivity index (χ2v) is 5.33. The van der Waals surface area contributed by atoms with Crippen LogP contribution in [0.25, 0.3) is 0 Å². The summed E-state index contributed by atoms with van der Waals surface area (Å²) in [6.07, 6.45) is 4.98. The molecule has 1 aliphatic carbocycles. The van der Waals surface area contributed by atoms with E-state index < -0.39 is 0 Å². The van der Waals surface area contributed by atoms with Gasteiger partial charge in [0.25, 0.3) is 0 Å². The van der Waals surface area contributed by atoms with E-state index in [4.69, 9.17) is 15.2 Å². The van der Waals surface area contributed by atoms with Crippen molar-refractivity contribution in [2.45, 2.75) is 38.6 Å². The van der Waals surface area contributed by atoms with Crippen LogP contribution in [0.4, 0.5) is 0 Å². The van der Waals surface area contributed by atoms with E-state index in [2.05, 4.69) is 6.92 Å². The summed E-state index contributed by atoms with van der Waals surface area (Å²) in [5, 5.41) is 0. The summed E-state index contributed by atoms with van der Waals surface area (Å²) < 4.78 is 11.2. The second kappa shape index (κ2) is 7.51. The fourth-order valence-electron chi connectivity index (χ4n) is 1.99. The van der Waals surface area contributed by atoms with Gasteiger partial charge >= 0.3 is 0 Å². The van der Waals surface area contributed by atoms with Gasteiger partial charge in [-0.15, -0.1) is 0 Å². The van der Waals surface area contributed by atoms with Crippen LogP contribution >= 0.6 is 0 Å². The average Bonchev–Trinajstić information content (AvgIpc) is 3.26. The van der Waals surface area contributed by atoms with Gasteiger partial charge in [-0.1, -0.05) is 31.9 Å². The molecule has 1 saturated carbocycles. The van der Waals surface area contributed by atoms with Crippen molar-refractivity contribution in [2.24, 2.45) is 11.7 Å². The Morgan fingerprint density at radius 2 is 1.95 bits per heavy atom. The van der Waals surface area contributed by atoms with E-state index in [1.165, 1.54) is 19.3 Å². The molecule has 0 aromatic heterocycles. The molecule has 0 saturated heterocycles. The van der Waals surface area contributed by atoms with Gasteiger partial charge in [-0.05, 0) is 36.5 Å². The van der Waals surface area contributed by atoms with Crippen molar-refractivity contribution < 1.29 is 9.47 Å². The Labute approximate surface area is 116 Å².